The molecule has 1 aromatic heterocycles. The molecule has 1 aliphatic heterocycles. The first-order valence-corrected chi connectivity index (χ1v) is 12.0. The molecule has 0 amide bonds. The van der Waals surface area contributed by atoms with Crippen LogP contribution in [0.5, 0.6) is 5.75 Å². The first kappa shape index (κ1) is 23.2. The average molecular weight is 463 g/mol. The number of carboxylic acids is 1. The quantitative estimate of drug-likeness (QED) is 0.517. The van der Waals surface area contributed by atoms with Crippen molar-refractivity contribution in [2.75, 3.05) is 26.7 Å². The Bertz CT molecular complexity index is 956. The maximum absolute atomic E-state index is 15.5. The lowest BCUT2D eigenvalue weighted by Gasteiger charge is -2.40. The fraction of sp³-hybridized carbons (Fsp3) is 0.600. The standard InChI is InChI=1S/C25H32ClFN2O3/c1-32-18-6-7-22-19(14-18)23(20(26)15-28-22)21(27)8-9-25(24(30)31)10-12-29(13-11-25)16-17-4-2-3-5-17/h6-7,14-15,17,21H,2-5,8-13,16H2,1H3,(H,30,31)/t21-/m1/s1. The molecule has 1 N–H and O–H groups in total. The van der Waals surface area contributed by atoms with Gasteiger partial charge in [0.15, 0.2) is 0 Å². The van der Waals surface area contributed by atoms with Crippen molar-refractivity contribution in [3.05, 3.63) is 35.0 Å². The number of piperidine rings is 1. The highest BCUT2D eigenvalue weighted by molar-refractivity contribution is 6.32. The van der Waals surface area contributed by atoms with E-state index >= 15 is 4.39 Å². The van der Waals surface area contributed by atoms with Crippen molar-refractivity contribution in [1.82, 2.24) is 9.88 Å². The molecule has 2 heterocycles. The molecule has 1 aromatic carbocycles. The van der Waals surface area contributed by atoms with Gasteiger partial charge in [0.25, 0.3) is 0 Å². The van der Waals surface area contributed by atoms with E-state index in [9.17, 15) is 9.90 Å². The van der Waals surface area contributed by atoms with Gasteiger partial charge in [-0.2, -0.15) is 0 Å². The summed E-state index contributed by atoms with van der Waals surface area (Å²) in [6, 6.07) is 5.29. The number of fused-ring (bicyclic) bond motifs is 1. The molecule has 0 bridgehead atoms. The van der Waals surface area contributed by atoms with Crippen molar-refractivity contribution in [2.45, 2.75) is 57.5 Å². The molecular weight excluding hydrogens is 431 g/mol. The van der Waals surface area contributed by atoms with Crippen molar-refractivity contribution >= 4 is 28.5 Å². The Kier molecular flexibility index (Phi) is 7.21. The minimum atomic E-state index is -1.37. The first-order chi connectivity index (χ1) is 15.4. The number of benzene rings is 1. The number of ether oxygens (including phenoxy) is 1. The number of aliphatic carboxylic acids is 1. The molecule has 2 aromatic rings. The van der Waals surface area contributed by atoms with Gasteiger partial charge in [0.05, 0.1) is 23.1 Å². The number of nitrogens with zero attached hydrogens (tertiary/aromatic N) is 2. The number of carboxylic acid groups (broad SMARTS) is 1. The van der Waals surface area contributed by atoms with E-state index in [0.29, 0.717) is 41.5 Å². The molecule has 1 saturated heterocycles. The molecule has 1 atom stereocenters. The van der Waals surface area contributed by atoms with E-state index in [-0.39, 0.29) is 11.4 Å². The minimum absolute atomic E-state index is 0.116. The summed E-state index contributed by atoms with van der Waals surface area (Å²) in [6.07, 6.45) is 6.85. The summed E-state index contributed by atoms with van der Waals surface area (Å²) in [5, 5.41) is 10.9. The molecule has 5 nitrogen and oxygen atoms in total. The lowest BCUT2D eigenvalue weighted by atomic mass is 9.74. The summed E-state index contributed by atoms with van der Waals surface area (Å²) >= 11 is 6.35. The zero-order valence-electron chi connectivity index (χ0n) is 18.7. The second-order valence-electron chi connectivity index (χ2n) is 9.45. The Balaban J connectivity index is 1.45. The number of aromatic nitrogens is 1. The van der Waals surface area contributed by atoms with E-state index in [1.807, 2.05) is 0 Å². The number of pyridine rings is 1. The van der Waals surface area contributed by atoms with Gasteiger partial charge in [-0.3, -0.25) is 9.78 Å². The van der Waals surface area contributed by atoms with Crippen molar-refractivity contribution in [3.63, 3.8) is 0 Å². The van der Waals surface area contributed by atoms with Gasteiger partial charge in [-0.25, -0.2) is 4.39 Å². The summed E-state index contributed by atoms with van der Waals surface area (Å²) in [5.41, 5.74) is 0.138. The highest BCUT2D eigenvalue weighted by atomic mass is 35.5. The zero-order valence-corrected chi connectivity index (χ0v) is 19.4. The monoisotopic (exact) mass is 462 g/mol. The normalized spacial score (nSPS) is 20.5. The van der Waals surface area contributed by atoms with E-state index in [4.69, 9.17) is 16.3 Å². The zero-order chi connectivity index (χ0) is 22.7. The second-order valence-corrected chi connectivity index (χ2v) is 9.85. The summed E-state index contributed by atoms with van der Waals surface area (Å²) < 4.78 is 20.8. The Morgan fingerprint density at radius 3 is 2.72 bits per heavy atom. The molecular formula is C25H32ClFN2O3. The van der Waals surface area contributed by atoms with E-state index in [1.54, 1.807) is 25.3 Å². The summed E-state index contributed by atoms with van der Waals surface area (Å²) in [7, 11) is 1.56. The van der Waals surface area contributed by atoms with Crippen LogP contribution in [-0.4, -0.2) is 47.7 Å². The molecule has 174 valence electrons. The van der Waals surface area contributed by atoms with Crippen LogP contribution >= 0.6 is 11.6 Å². The lowest BCUT2D eigenvalue weighted by molar-refractivity contribution is -0.153. The van der Waals surface area contributed by atoms with E-state index in [0.717, 1.165) is 25.6 Å². The van der Waals surface area contributed by atoms with Gasteiger partial charge in [0, 0.05) is 23.7 Å². The van der Waals surface area contributed by atoms with Gasteiger partial charge in [0.1, 0.15) is 11.9 Å². The van der Waals surface area contributed by atoms with Crippen molar-refractivity contribution in [2.24, 2.45) is 11.3 Å². The Morgan fingerprint density at radius 2 is 2.06 bits per heavy atom. The van der Waals surface area contributed by atoms with E-state index in [2.05, 4.69) is 9.88 Å². The molecule has 0 radical (unpaired) electrons. The lowest BCUT2D eigenvalue weighted by Crippen LogP contribution is -2.45. The summed E-state index contributed by atoms with van der Waals surface area (Å²) in [4.78, 5) is 18.9. The number of carbonyl (C=O) groups is 1. The van der Waals surface area contributed by atoms with E-state index in [1.165, 1.54) is 31.9 Å². The van der Waals surface area contributed by atoms with Crippen LogP contribution in [0.3, 0.4) is 0 Å². The first-order valence-electron chi connectivity index (χ1n) is 11.6. The topological polar surface area (TPSA) is 62.7 Å². The van der Waals surface area contributed by atoms with Gasteiger partial charge >= 0.3 is 5.97 Å². The third-order valence-corrected chi connectivity index (χ3v) is 7.82. The highest BCUT2D eigenvalue weighted by Gasteiger charge is 2.42. The molecule has 0 spiro atoms. The van der Waals surface area contributed by atoms with Gasteiger partial charge in [-0.1, -0.05) is 24.4 Å². The van der Waals surface area contributed by atoms with Crippen LogP contribution in [0.4, 0.5) is 4.39 Å². The third kappa shape index (κ3) is 4.86. The molecule has 32 heavy (non-hydrogen) atoms. The summed E-state index contributed by atoms with van der Waals surface area (Å²) in [5.74, 6) is 0.547. The molecule has 2 fully saturated rings. The van der Waals surface area contributed by atoms with Gasteiger partial charge in [0.2, 0.25) is 0 Å². The Labute approximate surface area is 193 Å². The van der Waals surface area contributed by atoms with Gasteiger partial charge in [-0.15, -0.1) is 0 Å². The van der Waals surface area contributed by atoms with Crippen molar-refractivity contribution in [1.29, 1.82) is 0 Å². The van der Waals surface area contributed by atoms with Crippen molar-refractivity contribution < 1.29 is 19.0 Å². The fourth-order valence-electron chi connectivity index (χ4n) is 5.45. The van der Waals surface area contributed by atoms with Crippen LogP contribution in [0.1, 0.15) is 63.1 Å². The summed E-state index contributed by atoms with van der Waals surface area (Å²) in [6.45, 7) is 2.62. The largest absolute Gasteiger partial charge is 0.497 e. The Morgan fingerprint density at radius 1 is 1.34 bits per heavy atom. The SMILES string of the molecule is COc1ccc2ncc(Cl)c([C@H](F)CCC3(C(=O)O)CCN(CC4CCCC4)CC3)c2c1. The van der Waals surface area contributed by atoms with Crippen LogP contribution in [0.2, 0.25) is 5.02 Å². The maximum atomic E-state index is 15.5. The average Bonchev–Trinajstić information content (AvgIpc) is 3.31. The third-order valence-electron chi connectivity index (χ3n) is 7.52. The van der Waals surface area contributed by atoms with Crippen LogP contribution in [0, 0.1) is 11.3 Å². The predicted molar refractivity (Wildman–Crippen MR) is 124 cm³/mol. The van der Waals surface area contributed by atoms with Crippen molar-refractivity contribution in [3.8, 4) is 5.75 Å². The number of likely N-dealkylation sites (tertiary alicyclic amines) is 1. The van der Waals surface area contributed by atoms with E-state index < -0.39 is 17.6 Å². The van der Waals surface area contributed by atoms with Gasteiger partial charge in [-0.05, 0) is 75.7 Å². The molecule has 7 heteroatoms. The predicted octanol–water partition coefficient (Wildman–Crippen LogP) is 6.04. The number of rotatable bonds is 8. The van der Waals surface area contributed by atoms with Crippen LogP contribution in [0.15, 0.2) is 24.4 Å². The number of hydrogen-bond donors (Lipinski definition) is 1. The second kappa shape index (κ2) is 9.92. The highest BCUT2D eigenvalue weighted by Crippen LogP contribution is 2.42. The number of alkyl halides is 1. The van der Waals surface area contributed by atoms with Gasteiger partial charge < -0.3 is 14.7 Å². The van der Waals surface area contributed by atoms with Crippen LogP contribution in [-0.2, 0) is 4.79 Å². The van der Waals surface area contributed by atoms with Crippen LogP contribution in [0.25, 0.3) is 10.9 Å². The fourth-order valence-corrected chi connectivity index (χ4v) is 5.72. The number of hydrogen-bond acceptors (Lipinski definition) is 4. The molecule has 2 aliphatic rings. The number of halogens is 2. The number of methoxy groups -OCH3 is 1. The van der Waals surface area contributed by atoms with Crippen LogP contribution < -0.4 is 4.74 Å². The molecule has 4 rings (SSSR count). The molecule has 0 unspecified atom stereocenters. The Hall–Kier alpha value is -1.92. The molecule has 1 aliphatic carbocycles. The molecule has 1 saturated carbocycles. The minimum Gasteiger partial charge on any atom is -0.497 e. The smallest absolute Gasteiger partial charge is 0.309 e. The maximum Gasteiger partial charge on any atom is 0.309 e.